The maximum Gasteiger partial charge on any atom is 0.414 e. The molecule has 0 bridgehead atoms. The summed E-state index contributed by atoms with van der Waals surface area (Å²) in [5.74, 6) is 0. The summed E-state index contributed by atoms with van der Waals surface area (Å²) in [6.45, 7) is 6.26. The summed E-state index contributed by atoms with van der Waals surface area (Å²) in [5, 5.41) is 4.07. The normalized spacial score (nSPS) is 14.5. The van der Waals surface area contributed by atoms with Crippen LogP contribution >= 0.6 is 12.2 Å². The second-order valence-corrected chi connectivity index (χ2v) is 6.80. The number of carbonyl (C=O) groups excluding carboxylic acids is 1. The number of hydrogen-bond acceptors (Lipinski definition) is 4. The number of nitrogens with two attached hydrogens (primary N) is 1. The molecule has 23 heavy (non-hydrogen) atoms. The van der Waals surface area contributed by atoms with Gasteiger partial charge in [-0.15, -0.1) is 0 Å². The zero-order chi connectivity index (χ0) is 17.0. The van der Waals surface area contributed by atoms with Gasteiger partial charge in [0.15, 0.2) is 5.11 Å². The van der Waals surface area contributed by atoms with Crippen molar-refractivity contribution in [3.05, 3.63) is 29.3 Å². The van der Waals surface area contributed by atoms with Crippen molar-refractivity contribution in [2.45, 2.75) is 39.2 Å². The SMILES string of the molecule is CC(C)(C)OC(=O)N1CCCc2cc(C=NNC(N)=S)ccc21. The Kier molecular flexibility index (Phi) is 5.20. The second-order valence-electron chi connectivity index (χ2n) is 6.36. The Balaban J connectivity index is 2.18. The van der Waals surface area contributed by atoms with Gasteiger partial charge in [-0.25, -0.2) is 4.79 Å². The second kappa shape index (κ2) is 6.95. The van der Waals surface area contributed by atoms with Crippen LogP contribution in [0.25, 0.3) is 0 Å². The maximum absolute atomic E-state index is 12.3. The number of aryl methyl sites for hydroxylation is 1. The fourth-order valence-corrected chi connectivity index (χ4v) is 2.43. The number of ether oxygens (including phenoxy) is 1. The number of fused-ring (bicyclic) bond motifs is 1. The van der Waals surface area contributed by atoms with Crippen molar-refractivity contribution < 1.29 is 9.53 Å². The van der Waals surface area contributed by atoms with E-state index in [1.165, 1.54) is 0 Å². The minimum absolute atomic E-state index is 0.121. The van der Waals surface area contributed by atoms with E-state index in [4.69, 9.17) is 22.7 Å². The molecule has 0 spiro atoms. The number of hydrogen-bond donors (Lipinski definition) is 2. The van der Waals surface area contributed by atoms with Crippen molar-refractivity contribution in [2.75, 3.05) is 11.4 Å². The molecule has 1 aliphatic heterocycles. The van der Waals surface area contributed by atoms with Crippen LogP contribution in [0.15, 0.2) is 23.3 Å². The van der Waals surface area contributed by atoms with Crippen LogP contribution in [0.1, 0.15) is 38.3 Å². The molecule has 0 radical (unpaired) electrons. The highest BCUT2D eigenvalue weighted by molar-refractivity contribution is 7.80. The molecule has 1 aliphatic rings. The molecule has 1 aromatic rings. The number of rotatable bonds is 2. The first-order valence-corrected chi connectivity index (χ1v) is 7.89. The van der Waals surface area contributed by atoms with Gasteiger partial charge in [0, 0.05) is 6.54 Å². The highest BCUT2D eigenvalue weighted by Crippen LogP contribution is 2.29. The molecule has 0 unspecified atom stereocenters. The number of anilines is 1. The third kappa shape index (κ3) is 4.92. The molecule has 1 aromatic carbocycles. The lowest BCUT2D eigenvalue weighted by Gasteiger charge is -2.31. The van der Waals surface area contributed by atoms with Gasteiger partial charge < -0.3 is 10.5 Å². The highest BCUT2D eigenvalue weighted by atomic mass is 32.1. The van der Waals surface area contributed by atoms with Crippen molar-refractivity contribution in [3.8, 4) is 0 Å². The molecule has 124 valence electrons. The number of carbonyl (C=O) groups is 1. The van der Waals surface area contributed by atoms with E-state index >= 15 is 0 Å². The summed E-state index contributed by atoms with van der Waals surface area (Å²) in [6, 6.07) is 5.82. The van der Waals surface area contributed by atoms with E-state index in [-0.39, 0.29) is 11.2 Å². The Bertz CT molecular complexity index is 637. The van der Waals surface area contributed by atoms with Crippen LogP contribution in [-0.4, -0.2) is 29.6 Å². The molecule has 1 amide bonds. The van der Waals surface area contributed by atoms with E-state index in [0.29, 0.717) is 6.54 Å². The van der Waals surface area contributed by atoms with Gasteiger partial charge >= 0.3 is 6.09 Å². The quantitative estimate of drug-likeness (QED) is 0.493. The van der Waals surface area contributed by atoms with E-state index in [1.54, 1.807) is 11.1 Å². The first-order valence-electron chi connectivity index (χ1n) is 7.48. The van der Waals surface area contributed by atoms with Crippen LogP contribution in [0.5, 0.6) is 0 Å². The number of nitrogens with one attached hydrogen (secondary N) is 1. The van der Waals surface area contributed by atoms with Gasteiger partial charge in [0.05, 0.1) is 11.9 Å². The number of hydrazone groups is 1. The largest absolute Gasteiger partial charge is 0.443 e. The molecular weight excluding hydrogens is 312 g/mol. The lowest BCUT2D eigenvalue weighted by Crippen LogP contribution is -2.39. The van der Waals surface area contributed by atoms with E-state index in [1.807, 2.05) is 39.0 Å². The Morgan fingerprint density at radius 2 is 2.22 bits per heavy atom. The molecule has 7 heteroatoms. The molecule has 0 aromatic heterocycles. The van der Waals surface area contributed by atoms with Gasteiger partial charge in [0.2, 0.25) is 0 Å². The fourth-order valence-electron chi connectivity index (χ4n) is 2.37. The third-order valence-electron chi connectivity index (χ3n) is 3.22. The first kappa shape index (κ1) is 17.2. The highest BCUT2D eigenvalue weighted by Gasteiger charge is 2.27. The lowest BCUT2D eigenvalue weighted by atomic mass is 10.00. The number of benzene rings is 1. The summed E-state index contributed by atoms with van der Waals surface area (Å²) in [6.07, 6.45) is 3.15. The predicted molar refractivity (Wildman–Crippen MR) is 95.9 cm³/mol. The van der Waals surface area contributed by atoms with Crippen LogP contribution in [0.4, 0.5) is 10.5 Å². The van der Waals surface area contributed by atoms with Crippen molar-refractivity contribution in [1.82, 2.24) is 5.43 Å². The first-order chi connectivity index (χ1) is 10.8. The topological polar surface area (TPSA) is 80.0 Å². The average molecular weight is 334 g/mol. The predicted octanol–water partition coefficient (Wildman–Crippen LogP) is 2.54. The van der Waals surface area contributed by atoms with E-state index in [2.05, 4.69) is 10.5 Å². The average Bonchev–Trinajstić information content (AvgIpc) is 2.44. The smallest absolute Gasteiger partial charge is 0.414 e. The van der Waals surface area contributed by atoms with Crippen LogP contribution in [0, 0.1) is 0 Å². The van der Waals surface area contributed by atoms with E-state index in [9.17, 15) is 4.79 Å². The molecule has 0 saturated carbocycles. The molecular formula is C16H22N4O2S. The zero-order valence-electron chi connectivity index (χ0n) is 13.6. The number of thiocarbonyl (C=S) groups is 1. The summed E-state index contributed by atoms with van der Waals surface area (Å²) in [4.78, 5) is 14.0. The van der Waals surface area contributed by atoms with Crippen molar-refractivity contribution in [2.24, 2.45) is 10.8 Å². The zero-order valence-corrected chi connectivity index (χ0v) is 14.4. The van der Waals surface area contributed by atoms with Gasteiger partial charge in [-0.3, -0.25) is 10.3 Å². The van der Waals surface area contributed by atoms with Gasteiger partial charge in [-0.1, -0.05) is 6.07 Å². The molecule has 0 saturated heterocycles. The van der Waals surface area contributed by atoms with Crippen molar-refractivity contribution in [3.63, 3.8) is 0 Å². The minimum Gasteiger partial charge on any atom is -0.443 e. The fraction of sp³-hybridized carbons (Fsp3) is 0.438. The number of nitrogens with zero attached hydrogens (tertiary/aromatic N) is 2. The monoisotopic (exact) mass is 334 g/mol. The third-order valence-corrected chi connectivity index (χ3v) is 3.32. The van der Waals surface area contributed by atoms with Gasteiger partial charge in [0.1, 0.15) is 5.60 Å². The van der Waals surface area contributed by atoms with E-state index < -0.39 is 5.60 Å². The van der Waals surface area contributed by atoms with Crippen LogP contribution in [-0.2, 0) is 11.2 Å². The van der Waals surface area contributed by atoms with Gasteiger partial charge in [-0.05, 0) is 69.1 Å². The minimum atomic E-state index is -0.506. The Labute approximate surface area is 141 Å². The molecule has 1 heterocycles. The van der Waals surface area contributed by atoms with Crippen molar-refractivity contribution in [1.29, 1.82) is 0 Å². The summed E-state index contributed by atoms with van der Waals surface area (Å²) in [5.41, 5.74) is 10.2. The summed E-state index contributed by atoms with van der Waals surface area (Å²) in [7, 11) is 0. The molecule has 2 rings (SSSR count). The number of amides is 1. The summed E-state index contributed by atoms with van der Waals surface area (Å²) < 4.78 is 5.48. The Hall–Kier alpha value is -2.15. The maximum atomic E-state index is 12.3. The molecule has 0 atom stereocenters. The van der Waals surface area contributed by atoms with Gasteiger partial charge in [-0.2, -0.15) is 5.10 Å². The summed E-state index contributed by atoms with van der Waals surface area (Å²) >= 11 is 4.69. The van der Waals surface area contributed by atoms with Crippen LogP contribution in [0.2, 0.25) is 0 Å². The Morgan fingerprint density at radius 3 is 2.87 bits per heavy atom. The van der Waals surface area contributed by atoms with Crippen LogP contribution < -0.4 is 16.1 Å². The molecule has 6 nitrogen and oxygen atoms in total. The van der Waals surface area contributed by atoms with Crippen molar-refractivity contribution >= 4 is 35.3 Å². The molecule has 3 N–H and O–H groups in total. The molecule has 0 fully saturated rings. The van der Waals surface area contributed by atoms with Crippen LogP contribution in [0.3, 0.4) is 0 Å². The standard InChI is InChI=1S/C16H22N4O2S/c1-16(2,3)22-15(21)20-8-4-5-12-9-11(6-7-13(12)20)10-18-19-14(17)23/h6-7,9-10H,4-5,8H2,1-3H3,(H3,17,19,23). The molecule has 0 aliphatic carbocycles. The van der Waals surface area contributed by atoms with E-state index in [0.717, 1.165) is 29.7 Å². The Morgan fingerprint density at radius 1 is 1.48 bits per heavy atom. The van der Waals surface area contributed by atoms with Gasteiger partial charge in [0.25, 0.3) is 0 Å². The lowest BCUT2D eigenvalue weighted by molar-refractivity contribution is 0.0578.